The first-order valence-corrected chi connectivity index (χ1v) is 7.83. The summed E-state index contributed by atoms with van der Waals surface area (Å²) >= 11 is 4.88. The summed E-state index contributed by atoms with van der Waals surface area (Å²) in [6.45, 7) is 0. The Morgan fingerprint density at radius 2 is 2.00 bits per heavy atom. The Morgan fingerprint density at radius 3 is 2.50 bits per heavy atom. The topological polar surface area (TPSA) is 98.5 Å². The van der Waals surface area contributed by atoms with E-state index >= 15 is 0 Å². The van der Waals surface area contributed by atoms with Gasteiger partial charge in [-0.3, -0.25) is 4.79 Å². The molecule has 0 aliphatic rings. The van der Waals surface area contributed by atoms with Crippen LogP contribution in [0, 0.1) is 0 Å². The molecule has 0 saturated carbocycles. The van der Waals surface area contributed by atoms with Crippen molar-refractivity contribution in [2.75, 3.05) is 12.9 Å². The first kappa shape index (κ1) is 16.5. The van der Waals surface area contributed by atoms with Crippen LogP contribution in [0.2, 0.25) is 0 Å². The Bertz CT molecular complexity index is 572. The monoisotopic (exact) mass is 316 g/mol. The van der Waals surface area contributed by atoms with Gasteiger partial charge in [-0.15, -0.1) is 0 Å². The Balaban J connectivity index is 2.81. The summed E-state index contributed by atoms with van der Waals surface area (Å²) in [5, 5.41) is 0. The molecule has 0 spiro atoms. The van der Waals surface area contributed by atoms with E-state index in [-0.39, 0.29) is 17.2 Å². The van der Waals surface area contributed by atoms with Crippen LogP contribution in [0.25, 0.3) is 0 Å². The van der Waals surface area contributed by atoms with E-state index in [1.807, 2.05) is 0 Å². The van der Waals surface area contributed by atoms with Gasteiger partial charge in [0.25, 0.3) is 0 Å². The van der Waals surface area contributed by atoms with Gasteiger partial charge in [0.05, 0.1) is 30.3 Å². The van der Waals surface area contributed by atoms with Gasteiger partial charge in [0.15, 0.2) is 0 Å². The normalized spacial score (nSPS) is 12.7. The van der Waals surface area contributed by atoms with Crippen LogP contribution in [0.4, 0.5) is 0 Å². The minimum atomic E-state index is -3.70. The number of rotatable bonds is 7. The van der Waals surface area contributed by atoms with E-state index < -0.39 is 22.0 Å². The third-order valence-electron chi connectivity index (χ3n) is 2.52. The van der Waals surface area contributed by atoms with Gasteiger partial charge < -0.3 is 10.5 Å². The van der Waals surface area contributed by atoms with Crippen molar-refractivity contribution < 1.29 is 17.9 Å². The van der Waals surface area contributed by atoms with Crippen molar-refractivity contribution in [3.63, 3.8) is 0 Å². The van der Waals surface area contributed by atoms with E-state index in [1.54, 1.807) is 30.3 Å². The van der Waals surface area contributed by atoms with Crippen LogP contribution in [0.1, 0.15) is 18.0 Å². The molecule has 0 heterocycles. The minimum Gasteiger partial charge on any atom is -0.469 e. The van der Waals surface area contributed by atoms with Crippen molar-refractivity contribution in [1.29, 1.82) is 0 Å². The van der Waals surface area contributed by atoms with Crippen molar-refractivity contribution in [2.45, 2.75) is 12.5 Å². The summed E-state index contributed by atoms with van der Waals surface area (Å²) < 4.78 is 30.6. The highest BCUT2D eigenvalue weighted by Gasteiger charge is 2.22. The van der Waals surface area contributed by atoms with Crippen LogP contribution >= 0.6 is 12.2 Å². The van der Waals surface area contributed by atoms with Crippen LogP contribution in [-0.4, -0.2) is 32.2 Å². The number of ether oxygens (including phenoxy) is 1. The summed E-state index contributed by atoms with van der Waals surface area (Å²) in [5.41, 5.74) is 6.21. The number of benzene rings is 1. The second-order valence-corrected chi connectivity index (χ2v) is 6.35. The highest BCUT2D eigenvalue weighted by Crippen LogP contribution is 2.14. The van der Waals surface area contributed by atoms with Crippen LogP contribution in [-0.2, 0) is 19.6 Å². The maximum atomic E-state index is 11.9. The number of hydrogen-bond acceptors (Lipinski definition) is 5. The first-order chi connectivity index (χ1) is 9.35. The summed E-state index contributed by atoms with van der Waals surface area (Å²) in [4.78, 5) is 11.0. The molecule has 1 rings (SSSR count). The molecule has 3 N–H and O–H groups in total. The Kier molecular flexibility index (Phi) is 6.05. The molecule has 1 aromatic rings. The van der Waals surface area contributed by atoms with Gasteiger partial charge in [0.1, 0.15) is 0 Å². The number of carbonyl (C=O) groups is 1. The lowest BCUT2D eigenvalue weighted by Crippen LogP contribution is -2.38. The molecule has 0 fully saturated rings. The lowest BCUT2D eigenvalue weighted by molar-refractivity contribution is -0.140. The van der Waals surface area contributed by atoms with Crippen molar-refractivity contribution >= 4 is 33.2 Å². The molecule has 1 atom stereocenters. The fraction of sp³-hybridized carbons (Fsp3) is 0.333. The van der Waals surface area contributed by atoms with Crippen molar-refractivity contribution in [3.8, 4) is 0 Å². The Morgan fingerprint density at radius 1 is 1.40 bits per heavy atom. The molecule has 110 valence electrons. The predicted octanol–water partition coefficient (Wildman–Crippen LogP) is 0.496. The molecule has 0 aromatic heterocycles. The number of hydrogen-bond donors (Lipinski definition) is 2. The highest BCUT2D eigenvalue weighted by molar-refractivity contribution is 7.89. The minimum absolute atomic E-state index is 0.0119. The molecular formula is C12H16N2O4S2. The van der Waals surface area contributed by atoms with Gasteiger partial charge in [-0.05, 0) is 5.56 Å². The quantitative estimate of drug-likeness (QED) is 0.561. The molecule has 1 aromatic carbocycles. The second-order valence-electron chi connectivity index (χ2n) is 4.01. The maximum absolute atomic E-state index is 11.9. The van der Waals surface area contributed by atoms with E-state index in [9.17, 15) is 13.2 Å². The van der Waals surface area contributed by atoms with Gasteiger partial charge in [0, 0.05) is 0 Å². The van der Waals surface area contributed by atoms with Crippen molar-refractivity contribution in [2.24, 2.45) is 5.73 Å². The maximum Gasteiger partial charge on any atom is 0.306 e. The zero-order valence-corrected chi connectivity index (χ0v) is 12.5. The average Bonchev–Trinajstić information content (AvgIpc) is 2.43. The molecule has 0 aliphatic heterocycles. The molecule has 0 saturated heterocycles. The third-order valence-corrected chi connectivity index (χ3v) is 4.09. The van der Waals surface area contributed by atoms with Gasteiger partial charge in [0.2, 0.25) is 10.0 Å². The molecular weight excluding hydrogens is 300 g/mol. The molecule has 0 bridgehead atoms. The predicted molar refractivity (Wildman–Crippen MR) is 79.5 cm³/mol. The van der Waals surface area contributed by atoms with Gasteiger partial charge in [-0.2, -0.15) is 0 Å². The van der Waals surface area contributed by atoms with Crippen LogP contribution in [0.3, 0.4) is 0 Å². The van der Waals surface area contributed by atoms with E-state index in [2.05, 4.69) is 9.46 Å². The van der Waals surface area contributed by atoms with Gasteiger partial charge >= 0.3 is 5.97 Å². The zero-order chi connectivity index (χ0) is 15.2. The molecule has 0 amide bonds. The second kappa shape index (κ2) is 7.32. The third kappa shape index (κ3) is 5.24. The van der Waals surface area contributed by atoms with Gasteiger partial charge in [-0.1, -0.05) is 42.5 Å². The van der Waals surface area contributed by atoms with Crippen LogP contribution < -0.4 is 10.5 Å². The number of nitrogens with one attached hydrogen (secondary N) is 1. The smallest absolute Gasteiger partial charge is 0.306 e. The molecule has 0 aliphatic carbocycles. The number of nitrogens with two attached hydrogens (primary N) is 1. The largest absolute Gasteiger partial charge is 0.469 e. The first-order valence-electron chi connectivity index (χ1n) is 5.77. The number of methoxy groups -OCH3 is 1. The molecule has 20 heavy (non-hydrogen) atoms. The lowest BCUT2D eigenvalue weighted by Gasteiger charge is -2.17. The van der Waals surface area contributed by atoms with Crippen molar-refractivity contribution in [1.82, 2.24) is 4.72 Å². The van der Waals surface area contributed by atoms with Crippen LogP contribution in [0.5, 0.6) is 0 Å². The zero-order valence-electron chi connectivity index (χ0n) is 10.9. The number of carbonyl (C=O) groups excluding carboxylic acids is 1. The summed E-state index contributed by atoms with van der Waals surface area (Å²) in [6.07, 6.45) is -0.231. The Labute approximate surface area is 123 Å². The molecule has 0 radical (unpaired) electrons. The van der Waals surface area contributed by atoms with Gasteiger partial charge in [-0.25, -0.2) is 13.1 Å². The SMILES string of the molecule is COC(=O)CCS(=O)(=O)NC(C(N)=S)c1ccccc1. The highest BCUT2D eigenvalue weighted by atomic mass is 32.2. The average molecular weight is 316 g/mol. The van der Waals surface area contributed by atoms with E-state index in [0.717, 1.165) is 0 Å². The van der Waals surface area contributed by atoms with E-state index in [1.165, 1.54) is 7.11 Å². The summed E-state index contributed by atoms with van der Waals surface area (Å²) in [6, 6.07) is 7.94. The summed E-state index contributed by atoms with van der Waals surface area (Å²) in [5.74, 6) is -0.979. The number of sulfonamides is 1. The molecule has 1 unspecified atom stereocenters. The number of esters is 1. The van der Waals surface area contributed by atoms with E-state index in [4.69, 9.17) is 18.0 Å². The van der Waals surface area contributed by atoms with Crippen molar-refractivity contribution in [3.05, 3.63) is 35.9 Å². The Hall–Kier alpha value is -1.51. The van der Waals surface area contributed by atoms with E-state index in [0.29, 0.717) is 5.56 Å². The standard InChI is InChI=1S/C12H16N2O4S2/c1-18-10(15)7-8-20(16,17)14-11(12(13)19)9-5-3-2-4-6-9/h2-6,11,14H,7-8H2,1H3,(H2,13,19). The molecule has 6 nitrogen and oxygen atoms in total. The molecule has 8 heteroatoms. The lowest BCUT2D eigenvalue weighted by atomic mass is 10.1. The fourth-order valence-electron chi connectivity index (χ4n) is 1.49. The fourth-order valence-corrected chi connectivity index (χ4v) is 2.94. The number of thiocarbonyl (C=S) groups is 1. The van der Waals surface area contributed by atoms with Crippen LogP contribution in [0.15, 0.2) is 30.3 Å². The summed E-state index contributed by atoms with van der Waals surface area (Å²) in [7, 11) is -2.50.